The lowest BCUT2D eigenvalue weighted by molar-refractivity contribution is 0.163. The van der Waals surface area contributed by atoms with E-state index in [1.165, 1.54) is 21.3 Å². The number of rotatable bonds is 7. The van der Waals surface area contributed by atoms with E-state index in [2.05, 4.69) is 10.6 Å². The van der Waals surface area contributed by atoms with Crippen molar-refractivity contribution in [3.05, 3.63) is 35.9 Å². The molecule has 1 aliphatic rings. The summed E-state index contributed by atoms with van der Waals surface area (Å²) in [6, 6.07) is 7.91. The predicted octanol–water partition coefficient (Wildman–Crippen LogP) is 2.34. The number of amides is 2. The molecule has 0 aliphatic carbocycles. The van der Waals surface area contributed by atoms with Crippen LogP contribution in [0.2, 0.25) is 0 Å². The molecule has 9 nitrogen and oxygen atoms in total. The molecule has 0 radical (unpaired) electrons. The van der Waals surface area contributed by atoms with E-state index in [-0.39, 0.29) is 6.54 Å². The number of ether oxygens (including phenoxy) is 5. The zero-order valence-electron chi connectivity index (χ0n) is 16.5. The van der Waals surface area contributed by atoms with Gasteiger partial charge in [0.25, 0.3) is 0 Å². The Morgan fingerprint density at radius 1 is 1.03 bits per heavy atom. The Bertz CT molecular complexity index is 847. The minimum Gasteiger partial charge on any atom is -0.493 e. The number of anilines is 1. The number of methoxy groups -OCH3 is 3. The van der Waals surface area contributed by atoms with E-state index in [1.807, 2.05) is 0 Å². The van der Waals surface area contributed by atoms with Crippen molar-refractivity contribution < 1.29 is 33.6 Å². The van der Waals surface area contributed by atoms with Crippen LogP contribution in [0, 0.1) is 0 Å². The summed E-state index contributed by atoms with van der Waals surface area (Å²) in [7, 11) is 4.48. The SMILES string of the molecule is COc1cc(NC(=O)NCC(O)c2ccc3c(c2)OCCO3)cc(OC)c1OC. The molecule has 3 rings (SSSR count). The quantitative estimate of drug-likeness (QED) is 0.650. The number of aliphatic hydroxyl groups excluding tert-OH is 1. The standard InChI is InChI=1S/C20H24N2O7/c1-25-17-9-13(10-18(26-2)19(17)27-3)22-20(24)21-11-14(23)12-4-5-15-16(8-12)29-7-6-28-15/h4-5,8-10,14,23H,6-7,11H2,1-3H3,(H2,21,22,24). The first-order valence-electron chi connectivity index (χ1n) is 8.98. The average Bonchev–Trinajstić information content (AvgIpc) is 2.76. The number of urea groups is 1. The average molecular weight is 404 g/mol. The molecule has 2 aromatic rings. The van der Waals surface area contributed by atoms with Crippen molar-refractivity contribution in [1.29, 1.82) is 0 Å². The highest BCUT2D eigenvalue weighted by molar-refractivity contribution is 5.90. The Labute approximate surface area is 168 Å². The first-order valence-corrected chi connectivity index (χ1v) is 8.98. The zero-order valence-corrected chi connectivity index (χ0v) is 16.5. The molecule has 0 spiro atoms. The third-order valence-electron chi connectivity index (χ3n) is 4.33. The second-order valence-electron chi connectivity index (χ2n) is 6.17. The molecule has 2 amide bonds. The van der Waals surface area contributed by atoms with E-state index < -0.39 is 12.1 Å². The fourth-order valence-electron chi connectivity index (χ4n) is 2.90. The van der Waals surface area contributed by atoms with Crippen LogP contribution in [0.4, 0.5) is 10.5 Å². The van der Waals surface area contributed by atoms with Crippen LogP contribution in [-0.4, -0.2) is 52.2 Å². The van der Waals surface area contributed by atoms with Crippen molar-refractivity contribution in [2.24, 2.45) is 0 Å². The molecule has 1 aliphatic heterocycles. The molecule has 1 heterocycles. The zero-order chi connectivity index (χ0) is 20.8. The van der Waals surface area contributed by atoms with E-state index in [0.29, 0.717) is 53.2 Å². The maximum absolute atomic E-state index is 12.2. The summed E-state index contributed by atoms with van der Waals surface area (Å²) in [6.45, 7) is 0.968. The summed E-state index contributed by atoms with van der Waals surface area (Å²) in [5, 5.41) is 15.7. The highest BCUT2D eigenvalue weighted by atomic mass is 16.6. The molecule has 0 bridgehead atoms. The van der Waals surface area contributed by atoms with Gasteiger partial charge in [-0.2, -0.15) is 0 Å². The monoisotopic (exact) mass is 404 g/mol. The lowest BCUT2D eigenvalue weighted by Gasteiger charge is -2.20. The summed E-state index contributed by atoms with van der Waals surface area (Å²) in [5.74, 6) is 2.47. The lowest BCUT2D eigenvalue weighted by Crippen LogP contribution is -2.32. The van der Waals surface area contributed by atoms with Gasteiger partial charge in [-0.3, -0.25) is 0 Å². The number of benzene rings is 2. The molecule has 29 heavy (non-hydrogen) atoms. The summed E-state index contributed by atoms with van der Waals surface area (Å²) in [6.07, 6.45) is -0.906. The van der Waals surface area contributed by atoms with Gasteiger partial charge < -0.3 is 39.4 Å². The molecule has 0 fully saturated rings. The molecule has 1 atom stereocenters. The number of aliphatic hydroxyl groups is 1. The molecule has 9 heteroatoms. The number of carbonyl (C=O) groups excluding carboxylic acids is 1. The summed E-state index contributed by atoms with van der Waals surface area (Å²) < 4.78 is 26.8. The third-order valence-corrected chi connectivity index (χ3v) is 4.33. The van der Waals surface area contributed by atoms with E-state index in [0.717, 1.165) is 0 Å². The number of hydrogen-bond donors (Lipinski definition) is 3. The van der Waals surface area contributed by atoms with E-state index in [9.17, 15) is 9.90 Å². The van der Waals surface area contributed by atoms with Crippen LogP contribution < -0.4 is 34.3 Å². The number of carbonyl (C=O) groups is 1. The molecular formula is C20H24N2O7. The van der Waals surface area contributed by atoms with E-state index >= 15 is 0 Å². The van der Waals surface area contributed by atoms with Crippen LogP contribution in [0.15, 0.2) is 30.3 Å². The minimum absolute atomic E-state index is 0.00982. The van der Waals surface area contributed by atoms with Gasteiger partial charge in [-0.25, -0.2) is 4.79 Å². The third kappa shape index (κ3) is 4.75. The largest absolute Gasteiger partial charge is 0.493 e. The normalized spacial score (nSPS) is 13.2. The van der Waals surface area contributed by atoms with Crippen LogP contribution in [-0.2, 0) is 0 Å². The van der Waals surface area contributed by atoms with Gasteiger partial charge in [0.1, 0.15) is 13.2 Å². The predicted molar refractivity (Wildman–Crippen MR) is 106 cm³/mol. The fraction of sp³-hybridized carbons (Fsp3) is 0.350. The Morgan fingerprint density at radius 3 is 2.31 bits per heavy atom. The van der Waals surface area contributed by atoms with Crippen molar-refractivity contribution >= 4 is 11.7 Å². The van der Waals surface area contributed by atoms with Crippen molar-refractivity contribution in [2.75, 3.05) is 46.4 Å². The van der Waals surface area contributed by atoms with Gasteiger partial charge in [-0.15, -0.1) is 0 Å². The Balaban J connectivity index is 1.61. The molecule has 2 aromatic carbocycles. The Morgan fingerprint density at radius 2 is 1.69 bits per heavy atom. The van der Waals surface area contributed by atoms with Gasteiger partial charge in [0.2, 0.25) is 5.75 Å². The van der Waals surface area contributed by atoms with Crippen molar-refractivity contribution in [1.82, 2.24) is 5.32 Å². The minimum atomic E-state index is -0.906. The molecule has 0 saturated carbocycles. The first-order chi connectivity index (χ1) is 14.0. The second kappa shape index (κ2) is 9.24. The number of nitrogens with one attached hydrogen (secondary N) is 2. The molecule has 0 saturated heterocycles. The summed E-state index contributed by atoms with van der Waals surface area (Å²) in [4.78, 5) is 12.2. The molecular weight excluding hydrogens is 380 g/mol. The number of hydrogen-bond acceptors (Lipinski definition) is 7. The van der Waals surface area contributed by atoms with E-state index in [4.69, 9.17) is 23.7 Å². The molecule has 156 valence electrons. The smallest absolute Gasteiger partial charge is 0.319 e. The van der Waals surface area contributed by atoms with Gasteiger partial charge in [0.05, 0.1) is 33.1 Å². The maximum atomic E-state index is 12.2. The molecule has 1 unspecified atom stereocenters. The van der Waals surface area contributed by atoms with Crippen LogP contribution in [0.3, 0.4) is 0 Å². The van der Waals surface area contributed by atoms with Crippen LogP contribution in [0.5, 0.6) is 28.7 Å². The van der Waals surface area contributed by atoms with Crippen molar-refractivity contribution in [3.63, 3.8) is 0 Å². The second-order valence-corrected chi connectivity index (χ2v) is 6.17. The fourth-order valence-corrected chi connectivity index (χ4v) is 2.90. The van der Waals surface area contributed by atoms with Crippen LogP contribution >= 0.6 is 0 Å². The van der Waals surface area contributed by atoms with Gasteiger partial charge >= 0.3 is 6.03 Å². The van der Waals surface area contributed by atoms with Gasteiger partial charge in [-0.05, 0) is 17.7 Å². The highest BCUT2D eigenvalue weighted by Crippen LogP contribution is 2.40. The van der Waals surface area contributed by atoms with Crippen molar-refractivity contribution in [3.8, 4) is 28.7 Å². The summed E-state index contributed by atoms with van der Waals surface area (Å²) in [5.41, 5.74) is 1.06. The van der Waals surface area contributed by atoms with E-state index in [1.54, 1.807) is 30.3 Å². The van der Waals surface area contributed by atoms with Gasteiger partial charge in [0, 0.05) is 18.7 Å². The maximum Gasteiger partial charge on any atom is 0.319 e. The summed E-state index contributed by atoms with van der Waals surface area (Å²) >= 11 is 0. The first kappa shape index (κ1) is 20.4. The number of fused-ring (bicyclic) bond motifs is 1. The lowest BCUT2D eigenvalue weighted by atomic mass is 10.1. The molecule has 3 N–H and O–H groups in total. The molecule has 0 aromatic heterocycles. The highest BCUT2D eigenvalue weighted by Gasteiger charge is 2.17. The van der Waals surface area contributed by atoms with Gasteiger partial charge in [-0.1, -0.05) is 6.07 Å². The van der Waals surface area contributed by atoms with Crippen molar-refractivity contribution in [2.45, 2.75) is 6.10 Å². The van der Waals surface area contributed by atoms with Gasteiger partial charge in [0.15, 0.2) is 23.0 Å². The Hall–Kier alpha value is -3.33. The topological polar surface area (TPSA) is 108 Å². The Kier molecular flexibility index (Phi) is 6.50. The van der Waals surface area contributed by atoms with Crippen LogP contribution in [0.25, 0.3) is 0 Å². The van der Waals surface area contributed by atoms with Crippen LogP contribution in [0.1, 0.15) is 11.7 Å².